The first-order chi connectivity index (χ1) is 6.65. The second-order valence-electron chi connectivity index (χ2n) is 3.99. The second kappa shape index (κ2) is 5.01. The fourth-order valence-electron chi connectivity index (χ4n) is 1.45. The summed E-state index contributed by atoms with van der Waals surface area (Å²) < 4.78 is 0. The quantitative estimate of drug-likeness (QED) is 0.768. The minimum atomic E-state index is 0.522. The van der Waals surface area contributed by atoms with Gasteiger partial charge >= 0.3 is 0 Å². The van der Waals surface area contributed by atoms with Gasteiger partial charge in [0.15, 0.2) is 0 Å². The monoisotopic (exact) mass is 192 g/mol. The number of anilines is 1. The Kier molecular flexibility index (Phi) is 3.96. The van der Waals surface area contributed by atoms with Crippen molar-refractivity contribution < 1.29 is 0 Å². The topological polar surface area (TPSA) is 38.0 Å². The summed E-state index contributed by atoms with van der Waals surface area (Å²) in [5.74, 6) is 0.522. The number of rotatable bonds is 4. The van der Waals surface area contributed by atoms with Crippen LogP contribution in [-0.4, -0.2) is 13.1 Å². The van der Waals surface area contributed by atoms with Gasteiger partial charge in [0.2, 0.25) is 0 Å². The first kappa shape index (κ1) is 11.1. The molecule has 0 spiro atoms. The predicted molar refractivity (Wildman–Crippen MR) is 62.6 cm³/mol. The summed E-state index contributed by atoms with van der Waals surface area (Å²) in [6, 6.07) is 6.34. The van der Waals surface area contributed by atoms with Gasteiger partial charge in [-0.3, -0.25) is 0 Å². The maximum atomic E-state index is 5.57. The number of aryl methyl sites for hydroxylation is 2. The lowest BCUT2D eigenvalue weighted by molar-refractivity contribution is 0.628. The van der Waals surface area contributed by atoms with E-state index in [0.717, 1.165) is 13.1 Å². The first-order valence-corrected chi connectivity index (χ1v) is 5.15. The van der Waals surface area contributed by atoms with Crippen molar-refractivity contribution in [1.29, 1.82) is 0 Å². The Hall–Kier alpha value is -1.02. The molecule has 0 bridgehead atoms. The number of hydrogen-bond acceptors (Lipinski definition) is 2. The van der Waals surface area contributed by atoms with Crippen LogP contribution in [0.4, 0.5) is 5.69 Å². The van der Waals surface area contributed by atoms with E-state index in [9.17, 15) is 0 Å². The van der Waals surface area contributed by atoms with Gasteiger partial charge in [-0.1, -0.05) is 25.1 Å². The van der Waals surface area contributed by atoms with Crippen molar-refractivity contribution in [2.75, 3.05) is 18.4 Å². The SMILES string of the molecule is Cc1cccc(C)c1NCC(C)CN. The molecule has 14 heavy (non-hydrogen) atoms. The Balaban J connectivity index is 2.66. The Morgan fingerprint density at radius 3 is 2.36 bits per heavy atom. The van der Waals surface area contributed by atoms with Crippen LogP contribution in [0.5, 0.6) is 0 Å². The van der Waals surface area contributed by atoms with Gasteiger partial charge in [-0.05, 0) is 37.4 Å². The zero-order valence-corrected chi connectivity index (χ0v) is 9.30. The summed E-state index contributed by atoms with van der Waals surface area (Å²) >= 11 is 0. The Morgan fingerprint density at radius 2 is 1.86 bits per heavy atom. The number of para-hydroxylation sites is 1. The van der Waals surface area contributed by atoms with E-state index < -0.39 is 0 Å². The lowest BCUT2D eigenvalue weighted by Crippen LogP contribution is -2.20. The van der Waals surface area contributed by atoms with E-state index in [0.29, 0.717) is 5.92 Å². The van der Waals surface area contributed by atoms with Crippen LogP contribution in [0, 0.1) is 19.8 Å². The molecule has 0 aliphatic carbocycles. The summed E-state index contributed by atoms with van der Waals surface area (Å²) in [4.78, 5) is 0. The third kappa shape index (κ3) is 2.74. The number of nitrogens with two attached hydrogens (primary N) is 1. The van der Waals surface area contributed by atoms with E-state index in [-0.39, 0.29) is 0 Å². The van der Waals surface area contributed by atoms with Crippen molar-refractivity contribution in [1.82, 2.24) is 0 Å². The molecule has 2 nitrogen and oxygen atoms in total. The molecule has 2 heteroatoms. The number of nitrogens with one attached hydrogen (secondary N) is 1. The Bertz CT molecular complexity index is 274. The van der Waals surface area contributed by atoms with Crippen LogP contribution in [0.3, 0.4) is 0 Å². The molecule has 78 valence electrons. The molecule has 0 fully saturated rings. The Labute approximate surface area is 86.5 Å². The predicted octanol–water partition coefficient (Wildman–Crippen LogP) is 2.31. The van der Waals surface area contributed by atoms with Gasteiger partial charge in [0.1, 0.15) is 0 Å². The average molecular weight is 192 g/mol. The zero-order valence-electron chi connectivity index (χ0n) is 9.30. The van der Waals surface area contributed by atoms with Crippen LogP contribution < -0.4 is 11.1 Å². The molecule has 0 heterocycles. The third-order valence-electron chi connectivity index (χ3n) is 2.51. The molecule has 3 N–H and O–H groups in total. The van der Waals surface area contributed by atoms with Gasteiger partial charge in [0, 0.05) is 12.2 Å². The summed E-state index contributed by atoms with van der Waals surface area (Å²) in [6.07, 6.45) is 0. The fraction of sp³-hybridized carbons (Fsp3) is 0.500. The molecule has 1 aromatic rings. The van der Waals surface area contributed by atoms with Gasteiger partial charge in [0.05, 0.1) is 0 Å². The molecule has 0 aromatic heterocycles. The van der Waals surface area contributed by atoms with Gasteiger partial charge in [-0.15, -0.1) is 0 Å². The van der Waals surface area contributed by atoms with E-state index >= 15 is 0 Å². The van der Waals surface area contributed by atoms with Gasteiger partial charge in [-0.2, -0.15) is 0 Å². The van der Waals surface area contributed by atoms with Crippen molar-refractivity contribution in [2.24, 2.45) is 11.7 Å². The van der Waals surface area contributed by atoms with Crippen molar-refractivity contribution in [2.45, 2.75) is 20.8 Å². The van der Waals surface area contributed by atoms with Crippen molar-refractivity contribution in [3.05, 3.63) is 29.3 Å². The maximum Gasteiger partial charge on any atom is 0.0399 e. The molecule has 0 amide bonds. The van der Waals surface area contributed by atoms with E-state index in [4.69, 9.17) is 5.73 Å². The van der Waals surface area contributed by atoms with Gasteiger partial charge in [-0.25, -0.2) is 0 Å². The summed E-state index contributed by atoms with van der Waals surface area (Å²) in [5.41, 5.74) is 9.43. The minimum absolute atomic E-state index is 0.522. The van der Waals surface area contributed by atoms with Crippen LogP contribution in [0.2, 0.25) is 0 Å². The van der Waals surface area contributed by atoms with Crippen molar-refractivity contribution in [3.63, 3.8) is 0 Å². The molecule has 0 saturated carbocycles. The smallest absolute Gasteiger partial charge is 0.0399 e. The molecule has 0 aliphatic rings. The number of hydrogen-bond donors (Lipinski definition) is 2. The molecule has 1 aromatic carbocycles. The van der Waals surface area contributed by atoms with Crippen LogP contribution in [0.1, 0.15) is 18.1 Å². The first-order valence-electron chi connectivity index (χ1n) is 5.15. The van der Waals surface area contributed by atoms with Crippen molar-refractivity contribution in [3.8, 4) is 0 Å². The average Bonchev–Trinajstić information content (AvgIpc) is 2.16. The van der Waals surface area contributed by atoms with Gasteiger partial charge in [0.25, 0.3) is 0 Å². The van der Waals surface area contributed by atoms with E-state index in [1.54, 1.807) is 0 Å². The van der Waals surface area contributed by atoms with Gasteiger partial charge < -0.3 is 11.1 Å². The van der Waals surface area contributed by atoms with Crippen LogP contribution in [0.15, 0.2) is 18.2 Å². The summed E-state index contributed by atoms with van der Waals surface area (Å²) in [7, 11) is 0. The molecule has 0 radical (unpaired) electrons. The molecule has 0 saturated heterocycles. The zero-order chi connectivity index (χ0) is 10.6. The lowest BCUT2D eigenvalue weighted by atomic mass is 10.1. The standard InChI is InChI=1S/C12H20N2/c1-9(7-13)8-14-12-10(2)5-4-6-11(12)3/h4-6,9,14H,7-8,13H2,1-3H3. The molecule has 0 aliphatic heterocycles. The van der Waals surface area contributed by atoms with Crippen molar-refractivity contribution >= 4 is 5.69 Å². The highest BCUT2D eigenvalue weighted by molar-refractivity contribution is 5.56. The summed E-state index contributed by atoms with van der Waals surface area (Å²) in [6.45, 7) is 8.09. The summed E-state index contributed by atoms with van der Waals surface area (Å²) in [5, 5.41) is 3.45. The normalized spacial score (nSPS) is 12.6. The lowest BCUT2D eigenvalue weighted by Gasteiger charge is -2.15. The molecule has 1 atom stereocenters. The highest BCUT2D eigenvalue weighted by Crippen LogP contribution is 2.19. The molecule has 1 unspecified atom stereocenters. The molecule has 1 rings (SSSR count). The minimum Gasteiger partial charge on any atom is -0.384 e. The largest absolute Gasteiger partial charge is 0.384 e. The highest BCUT2D eigenvalue weighted by atomic mass is 14.9. The highest BCUT2D eigenvalue weighted by Gasteiger charge is 2.03. The third-order valence-corrected chi connectivity index (χ3v) is 2.51. The molecular weight excluding hydrogens is 172 g/mol. The fourth-order valence-corrected chi connectivity index (χ4v) is 1.45. The molecular formula is C12H20N2. The van der Waals surface area contributed by atoms with E-state index in [1.165, 1.54) is 16.8 Å². The second-order valence-corrected chi connectivity index (χ2v) is 3.99. The van der Waals surface area contributed by atoms with Crippen LogP contribution >= 0.6 is 0 Å². The van der Waals surface area contributed by atoms with E-state index in [2.05, 4.69) is 44.3 Å². The van der Waals surface area contributed by atoms with Crippen LogP contribution in [0.25, 0.3) is 0 Å². The number of benzene rings is 1. The maximum absolute atomic E-state index is 5.57. The Morgan fingerprint density at radius 1 is 1.29 bits per heavy atom. The van der Waals surface area contributed by atoms with Crippen LogP contribution in [-0.2, 0) is 0 Å². The van der Waals surface area contributed by atoms with E-state index in [1.807, 2.05) is 0 Å².